The van der Waals surface area contributed by atoms with Crippen LogP contribution >= 0.6 is 11.9 Å². The fourth-order valence-corrected chi connectivity index (χ4v) is 5.01. The van der Waals surface area contributed by atoms with Gasteiger partial charge in [-0.2, -0.15) is 0 Å². The van der Waals surface area contributed by atoms with E-state index < -0.39 is 11.6 Å². The van der Waals surface area contributed by atoms with Crippen LogP contribution in [0.3, 0.4) is 0 Å². The zero-order valence-electron chi connectivity index (χ0n) is 18.2. The van der Waals surface area contributed by atoms with Crippen LogP contribution in [0.1, 0.15) is 54.8 Å². The molecule has 2 N–H and O–H groups in total. The molecule has 1 aliphatic rings. The molecule has 3 aromatic rings. The van der Waals surface area contributed by atoms with Crippen LogP contribution in [-0.4, -0.2) is 5.91 Å². The molecule has 1 aliphatic carbocycles. The lowest BCUT2D eigenvalue weighted by Gasteiger charge is -2.27. The number of halogens is 3. The molecule has 172 valence electrons. The molecule has 0 aromatic heterocycles. The fourth-order valence-electron chi connectivity index (χ4n) is 4.17. The predicted molar refractivity (Wildman–Crippen MR) is 126 cm³/mol. The molecule has 4 rings (SSSR count). The summed E-state index contributed by atoms with van der Waals surface area (Å²) < 4.78 is 44.1. The number of nitrogens with one attached hydrogen (secondary N) is 2. The summed E-state index contributed by atoms with van der Waals surface area (Å²) in [7, 11) is 0. The van der Waals surface area contributed by atoms with E-state index in [0.717, 1.165) is 35.8 Å². The third kappa shape index (κ3) is 5.97. The molecule has 7 heteroatoms. The summed E-state index contributed by atoms with van der Waals surface area (Å²) in [5.74, 6) is -2.18. The number of amides is 1. The van der Waals surface area contributed by atoms with Gasteiger partial charge in [0.05, 0.1) is 0 Å². The van der Waals surface area contributed by atoms with Gasteiger partial charge in [-0.3, -0.25) is 9.52 Å². The molecule has 2 atom stereocenters. The van der Waals surface area contributed by atoms with Crippen molar-refractivity contribution < 1.29 is 18.0 Å². The molecule has 3 aromatic carbocycles. The van der Waals surface area contributed by atoms with Crippen molar-refractivity contribution >= 4 is 23.5 Å². The first kappa shape index (κ1) is 23.4. The van der Waals surface area contributed by atoms with E-state index in [1.807, 2.05) is 24.3 Å². The van der Waals surface area contributed by atoms with Crippen molar-refractivity contribution in [1.29, 1.82) is 0 Å². The first-order valence-corrected chi connectivity index (χ1v) is 11.8. The fraction of sp³-hybridized carbons (Fsp3) is 0.269. The number of rotatable bonds is 7. The highest BCUT2D eigenvalue weighted by molar-refractivity contribution is 7.97. The average molecular weight is 471 g/mol. The minimum absolute atomic E-state index is 0.0751. The Morgan fingerprint density at radius 2 is 1.88 bits per heavy atom. The van der Waals surface area contributed by atoms with Gasteiger partial charge in [0.1, 0.15) is 17.5 Å². The Labute approximate surface area is 195 Å². The van der Waals surface area contributed by atoms with E-state index >= 15 is 0 Å². The molecular weight excluding hydrogens is 445 g/mol. The van der Waals surface area contributed by atoms with Crippen molar-refractivity contribution in [3.8, 4) is 0 Å². The first-order chi connectivity index (χ1) is 15.9. The molecule has 0 aliphatic heterocycles. The van der Waals surface area contributed by atoms with E-state index in [4.69, 9.17) is 0 Å². The highest BCUT2D eigenvalue weighted by atomic mass is 32.2. The van der Waals surface area contributed by atoms with Gasteiger partial charge >= 0.3 is 0 Å². The molecule has 0 radical (unpaired) electrons. The van der Waals surface area contributed by atoms with E-state index in [1.54, 1.807) is 13.0 Å². The highest BCUT2D eigenvalue weighted by Gasteiger charge is 2.22. The first-order valence-electron chi connectivity index (χ1n) is 10.9. The third-order valence-electron chi connectivity index (χ3n) is 5.84. The maximum absolute atomic E-state index is 14.0. The second kappa shape index (κ2) is 10.4. The van der Waals surface area contributed by atoms with Crippen LogP contribution in [0, 0.1) is 17.5 Å². The molecule has 33 heavy (non-hydrogen) atoms. The number of aryl methyl sites for hydroxylation is 1. The quantitative estimate of drug-likeness (QED) is 0.369. The lowest BCUT2D eigenvalue weighted by atomic mass is 9.88. The minimum atomic E-state index is -0.645. The second-order valence-corrected chi connectivity index (χ2v) is 9.27. The molecule has 0 spiro atoms. The van der Waals surface area contributed by atoms with Crippen molar-refractivity contribution in [3.63, 3.8) is 0 Å². The number of carbonyl (C=O) groups excluding carboxylic acids is 1. The number of hydrogen-bond donors (Lipinski definition) is 2. The van der Waals surface area contributed by atoms with Gasteiger partial charge in [-0.05, 0) is 90.2 Å². The van der Waals surface area contributed by atoms with Crippen molar-refractivity contribution in [2.45, 2.75) is 49.5 Å². The normalized spacial score (nSPS) is 16.2. The Bertz CT molecular complexity index is 1150. The molecule has 0 heterocycles. The topological polar surface area (TPSA) is 41.1 Å². The molecule has 0 fully saturated rings. The maximum Gasteiger partial charge on any atom is 0.224 e. The zero-order valence-corrected chi connectivity index (χ0v) is 19.0. The SMILES string of the molecule is C[C@@H](CC(=O)Nc1ccc2c(c1)C(NSc1cccc(F)c1)CCC2)c1ccc(F)cc1F. The van der Waals surface area contributed by atoms with Crippen molar-refractivity contribution in [2.24, 2.45) is 0 Å². The number of anilines is 1. The predicted octanol–water partition coefficient (Wildman–Crippen LogP) is 6.91. The molecular formula is C26H25F3N2OS. The number of fused-ring (bicyclic) bond motifs is 1. The minimum Gasteiger partial charge on any atom is -0.326 e. The monoisotopic (exact) mass is 470 g/mol. The van der Waals surface area contributed by atoms with E-state index in [1.165, 1.54) is 41.8 Å². The molecule has 0 saturated carbocycles. The van der Waals surface area contributed by atoms with Crippen LogP contribution in [0.4, 0.5) is 18.9 Å². The number of carbonyl (C=O) groups is 1. The molecule has 0 saturated heterocycles. The molecule has 3 nitrogen and oxygen atoms in total. The molecule has 1 unspecified atom stereocenters. The highest BCUT2D eigenvalue weighted by Crippen LogP contribution is 2.34. The van der Waals surface area contributed by atoms with Crippen molar-refractivity contribution in [3.05, 3.63) is 94.8 Å². The number of benzene rings is 3. The van der Waals surface area contributed by atoms with Crippen LogP contribution in [0.15, 0.2) is 65.6 Å². The Kier molecular flexibility index (Phi) is 7.40. The summed E-state index contributed by atoms with van der Waals surface area (Å²) in [6.45, 7) is 1.74. The summed E-state index contributed by atoms with van der Waals surface area (Å²) in [6, 6.07) is 15.8. The van der Waals surface area contributed by atoms with Gasteiger partial charge in [-0.25, -0.2) is 13.2 Å². The van der Waals surface area contributed by atoms with Gasteiger partial charge in [0.15, 0.2) is 0 Å². The largest absolute Gasteiger partial charge is 0.326 e. The maximum atomic E-state index is 14.0. The van der Waals surface area contributed by atoms with Gasteiger partial charge in [-0.1, -0.05) is 25.1 Å². The van der Waals surface area contributed by atoms with Crippen molar-refractivity contribution in [1.82, 2.24) is 4.72 Å². The van der Waals surface area contributed by atoms with Gasteiger partial charge in [-0.15, -0.1) is 0 Å². The number of hydrogen-bond acceptors (Lipinski definition) is 3. The van der Waals surface area contributed by atoms with E-state index in [2.05, 4.69) is 10.0 Å². The smallest absolute Gasteiger partial charge is 0.224 e. The zero-order chi connectivity index (χ0) is 23.4. The summed E-state index contributed by atoms with van der Waals surface area (Å²) >= 11 is 1.39. The summed E-state index contributed by atoms with van der Waals surface area (Å²) in [4.78, 5) is 13.4. The average Bonchev–Trinajstić information content (AvgIpc) is 2.77. The van der Waals surface area contributed by atoms with Crippen molar-refractivity contribution in [2.75, 3.05) is 5.32 Å². The third-order valence-corrected chi connectivity index (χ3v) is 6.74. The Hall–Kier alpha value is -2.77. The van der Waals surface area contributed by atoms with Gasteiger partial charge in [0.25, 0.3) is 0 Å². The van der Waals surface area contributed by atoms with Gasteiger partial charge in [0.2, 0.25) is 5.91 Å². The van der Waals surface area contributed by atoms with Crippen LogP contribution in [0.2, 0.25) is 0 Å². The summed E-state index contributed by atoms with van der Waals surface area (Å²) in [5.41, 5.74) is 3.32. The Morgan fingerprint density at radius 1 is 1.06 bits per heavy atom. The van der Waals surface area contributed by atoms with Crippen LogP contribution in [-0.2, 0) is 11.2 Å². The Morgan fingerprint density at radius 3 is 2.67 bits per heavy atom. The standard InChI is InChI=1S/C26H25F3N2OS/c1-16(22-11-9-19(28)14-24(22)29)12-26(32)30-20-10-8-17-4-2-7-25(23(17)15-20)31-33-21-6-3-5-18(27)13-21/h3,5-6,8-11,13-16,25,31H,2,4,7,12H2,1H3,(H,30,32)/t16-,25?/m0/s1. The summed E-state index contributed by atoms with van der Waals surface area (Å²) in [6.07, 6.45) is 3.03. The van der Waals surface area contributed by atoms with E-state index in [-0.39, 0.29) is 30.1 Å². The second-order valence-electron chi connectivity index (χ2n) is 8.35. The van der Waals surface area contributed by atoms with Gasteiger partial charge < -0.3 is 5.32 Å². The van der Waals surface area contributed by atoms with Crippen LogP contribution in [0.25, 0.3) is 0 Å². The summed E-state index contributed by atoms with van der Waals surface area (Å²) in [5, 5.41) is 2.91. The van der Waals surface area contributed by atoms with Crippen LogP contribution in [0.5, 0.6) is 0 Å². The van der Waals surface area contributed by atoms with Gasteiger partial charge in [0, 0.05) is 29.1 Å². The van der Waals surface area contributed by atoms with E-state index in [0.29, 0.717) is 11.3 Å². The Balaban J connectivity index is 1.42. The van der Waals surface area contributed by atoms with E-state index in [9.17, 15) is 18.0 Å². The molecule has 1 amide bonds. The lowest BCUT2D eigenvalue weighted by molar-refractivity contribution is -0.116. The van der Waals surface area contributed by atoms with Crippen LogP contribution < -0.4 is 10.0 Å². The molecule has 0 bridgehead atoms. The lowest BCUT2D eigenvalue weighted by Crippen LogP contribution is -2.21.